The Balaban J connectivity index is 2.96. The number of ether oxygens (including phenoxy) is 1. The lowest BCUT2D eigenvalue weighted by atomic mass is 10.0. The zero-order valence-corrected chi connectivity index (χ0v) is 9.44. The quantitative estimate of drug-likeness (QED) is 0.830. The third kappa shape index (κ3) is 3.89. The molecule has 0 amide bonds. The van der Waals surface area contributed by atoms with E-state index < -0.39 is 24.5 Å². The molecule has 1 rings (SSSR count). The van der Waals surface area contributed by atoms with Crippen molar-refractivity contribution in [3.05, 3.63) is 29.6 Å². The molecule has 0 fully saturated rings. The molecule has 1 atom stereocenters. The Morgan fingerprint density at radius 3 is 2.41 bits per heavy atom. The van der Waals surface area contributed by atoms with E-state index in [0.29, 0.717) is 0 Å². The first kappa shape index (κ1) is 13.8. The molecule has 1 N–H and O–H groups in total. The van der Waals surface area contributed by atoms with Gasteiger partial charge in [-0.25, -0.2) is 4.39 Å². The van der Waals surface area contributed by atoms with Crippen molar-refractivity contribution in [1.82, 2.24) is 5.32 Å². The zero-order valence-electron chi connectivity index (χ0n) is 9.44. The summed E-state index contributed by atoms with van der Waals surface area (Å²) in [5.41, 5.74) is -0.0226. The number of methoxy groups -OCH3 is 1. The fraction of sp³-hybridized carbons (Fsp3) is 0.455. The van der Waals surface area contributed by atoms with Crippen LogP contribution in [-0.2, 0) is 0 Å². The van der Waals surface area contributed by atoms with E-state index in [0.717, 1.165) is 6.07 Å². The highest BCUT2D eigenvalue weighted by Crippen LogP contribution is 2.31. The van der Waals surface area contributed by atoms with E-state index in [-0.39, 0.29) is 11.3 Å². The zero-order chi connectivity index (χ0) is 13.1. The Kier molecular flexibility index (Phi) is 4.34. The minimum atomic E-state index is -4.35. The van der Waals surface area contributed by atoms with E-state index in [1.54, 1.807) is 0 Å². The van der Waals surface area contributed by atoms with Gasteiger partial charge in [0.1, 0.15) is 11.6 Å². The number of benzene rings is 1. The average Bonchev–Trinajstić information content (AvgIpc) is 2.24. The lowest BCUT2D eigenvalue weighted by Gasteiger charge is -2.19. The van der Waals surface area contributed by atoms with Crippen molar-refractivity contribution in [3.63, 3.8) is 0 Å². The lowest BCUT2D eigenvalue weighted by Crippen LogP contribution is -2.24. The van der Waals surface area contributed by atoms with E-state index in [1.807, 2.05) is 0 Å². The van der Waals surface area contributed by atoms with Gasteiger partial charge in [-0.2, -0.15) is 13.2 Å². The number of hydrogen-bond donors (Lipinski definition) is 1. The maximum absolute atomic E-state index is 13.6. The van der Waals surface area contributed by atoms with Crippen LogP contribution in [0.1, 0.15) is 18.0 Å². The molecule has 0 saturated heterocycles. The van der Waals surface area contributed by atoms with Crippen LogP contribution in [0.3, 0.4) is 0 Å². The summed E-state index contributed by atoms with van der Waals surface area (Å²) in [5, 5.41) is 2.45. The summed E-state index contributed by atoms with van der Waals surface area (Å²) in [6, 6.07) is 2.69. The van der Waals surface area contributed by atoms with Gasteiger partial charge in [0, 0.05) is 17.7 Å². The Hall–Kier alpha value is -1.30. The molecular weight excluding hydrogens is 238 g/mol. The van der Waals surface area contributed by atoms with Gasteiger partial charge in [-0.15, -0.1) is 0 Å². The molecule has 6 heteroatoms. The van der Waals surface area contributed by atoms with Gasteiger partial charge in [0.15, 0.2) is 0 Å². The highest BCUT2D eigenvalue weighted by atomic mass is 19.4. The molecule has 0 radical (unpaired) electrons. The lowest BCUT2D eigenvalue weighted by molar-refractivity contribution is -0.140. The van der Waals surface area contributed by atoms with Crippen LogP contribution in [-0.4, -0.2) is 20.3 Å². The van der Waals surface area contributed by atoms with E-state index in [2.05, 4.69) is 5.32 Å². The molecule has 96 valence electrons. The second-order valence-electron chi connectivity index (χ2n) is 3.55. The molecule has 1 unspecified atom stereocenters. The van der Waals surface area contributed by atoms with Gasteiger partial charge >= 0.3 is 6.18 Å². The fourth-order valence-corrected chi connectivity index (χ4v) is 1.52. The van der Waals surface area contributed by atoms with Crippen LogP contribution >= 0.6 is 0 Å². The first-order chi connectivity index (χ1) is 7.87. The van der Waals surface area contributed by atoms with Crippen molar-refractivity contribution in [1.29, 1.82) is 0 Å². The summed E-state index contributed by atoms with van der Waals surface area (Å²) in [6.45, 7) is 0. The molecule has 0 aromatic heterocycles. The maximum atomic E-state index is 13.6. The van der Waals surface area contributed by atoms with Gasteiger partial charge in [-0.1, -0.05) is 6.07 Å². The Morgan fingerprint density at radius 2 is 2.00 bits per heavy atom. The molecule has 0 spiro atoms. The first-order valence-electron chi connectivity index (χ1n) is 4.95. The molecule has 0 heterocycles. The van der Waals surface area contributed by atoms with Gasteiger partial charge in [-0.3, -0.25) is 0 Å². The molecule has 1 aromatic carbocycles. The van der Waals surface area contributed by atoms with Crippen molar-refractivity contribution in [2.45, 2.75) is 18.6 Å². The van der Waals surface area contributed by atoms with E-state index in [1.165, 1.54) is 26.3 Å². The van der Waals surface area contributed by atoms with Crippen molar-refractivity contribution in [2.75, 3.05) is 14.2 Å². The number of rotatable bonds is 4. The van der Waals surface area contributed by atoms with Crippen LogP contribution in [0.5, 0.6) is 5.75 Å². The third-order valence-electron chi connectivity index (χ3n) is 2.37. The van der Waals surface area contributed by atoms with Gasteiger partial charge in [0.05, 0.1) is 13.5 Å². The highest BCUT2D eigenvalue weighted by molar-refractivity contribution is 5.30. The summed E-state index contributed by atoms with van der Waals surface area (Å²) in [6.07, 6.45) is -5.47. The van der Waals surface area contributed by atoms with Crippen LogP contribution in [0.15, 0.2) is 18.2 Å². The van der Waals surface area contributed by atoms with Crippen LogP contribution < -0.4 is 10.1 Å². The van der Waals surface area contributed by atoms with Crippen LogP contribution in [0.25, 0.3) is 0 Å². The normalized spacial score (nSPS) is 13.5. The fourth-order valence-electron chi connectivity index (χ4n) is 1.52. The number of alkyl halides is 3. The minimum absolute atomic E-state index is 0.0226. The molecule has 0 aliphatic rings. The Labute approximate surface area is 96.6 Å². The van der Waals surface area contributed by atoms with Crippen LogP contribution in [0.2, 0.25) is 0 Å². The van der Waals surface area contributed by atoms with Crippen molar-refractivity contribution >= 4 is 0 Å². The Bertz CT molecular complexity index is 378. The van der Waals surface area contributed by atoms with Crippen LogP contribution in [0.4, 0.5) is 17.6 Å². The average molecular weight is 251 g/mol. The molecular formula is C11H13F4NO. The predicted octanol–water partition coefficient (Wildman–Crippen LogP) is 3.05. The second-order valence-corrected chi connectivity index (χ2v) is 3.55. The van der Waals surface area contributed by atoms with Crippen molar-refractivity contribution in [2.24, 2.45) is 0 Å². The number of hydrogen-bond acceptors (Lipinski definition) is 2. The van der Waals surface area contributed by atoms with Crippen molar-refractivity contribution < 1.29 is 22.3 Å². The van der Waals surface area contributed by atoms with E-state index in [9.17, 15) is 17.6 Å². The molecule has 17 heavy (non-hydrogen) atoms. The molecule has 2 nitrogen and oxygen atoms in total. The summed E-state index contributed by atoms with van der Waals surface area (Å²) in [7, 11) is 2.72. The Morgan fingerprint density at radius 1 is 1.35 bits per heavy atom. The topological polar surface area (TPSA) is 21.3 Å². The van der Waals surface area contributed by atoms with E-state index >= 15 is 0 Å². The monoisotopic (exact) mass is 251 g/mol. The summed E-state index contributed by atoms with van der Waals surface area (Å²) < 4.78 is 55.1. The van der Waals surface area contributed by atoms with Gasteiger partial charge in [0.25, 0.3) is 0 Å². The summed E-state index contributed by atoms with van der Waals surface area (Å²) >= 11 is 0. The highest BCUT2D eigenvalue weighted by Gasteiger charge is 2.33. The van der Waals surface area contributed by atoms with Gasteiger partial charge in [0.2, 0.25) is 0 Å². The molecule has 1 aromatic rings. The number of nitrogens with one attached hydrogen (secondary N) is 1. The largest absolute Gasteiger partial charge is 0.497 e. The summed E-state index contributed by atoms with van der Waals surface area (Å²) in [4.78, 5) is 0. The summed E-state index contributed by atoms with van der Waals surface area (Å²) in [5.74, 6) is -0.443. The maximum Gasteiger partial charge on any atom is 0.390 e. The third-order valence-corrected chi connectivity index (χ3v) is 2.37. The SMILES string of the molecule is CNC(CC(F)(F)F)c1ccc(OC)cc1F. The predicted molar refractivity (Wildman–Crippen MR) is 55.4 cm³/mol. The first-order valence-corrected chi connectivity index (χ1v) is 4.95. The molecule has 0 aliphatic carbocycles. The molecule has 0 saturated carbocycles. The van der Waals surface area contributed by atoms with Crippen molar-refractivity contribution in [3.8, 4) is 5.75 Å². The minimum Gasteiger partial charge on any atom is -0.497 e. The smallest absolute Gasteiger partial charge is 0.390 e. The van der Waals surface area contributed by atoms with Gasteiger partial charge in [-0.05, 0) is 13.1 Å². The number of halogens is 4. The second kappa shape index (κ2) is 5.35. The standard InChI is InChI=1S/C11H13F4NO/c1-16-10(6-11(13,14)15)8-4-3-7(17-2)5-9(8)12/h3-5,10,16H,6H2,1-2H3. The van der Waals surface area contributed by atoms with Crippen LogP contribution in [0, 0.1) is 5.82 Å². The molecule has 0 bridgehead atoms. The molecule has 0 aliphatic heterocycles. The van der Waals surface area contributed by atoms with Gasteiger partial charge < -0.3 is 10.1 Å². The van der Waals surface area contributed by atoms with E-state index in [4.69, 9.17) is 4.74 Å².